The van der Waals surface area contributed by atoms with Crippen LogP contribution in [0.3, 0.4) is 0 Å². The lowest BCUT2D eigenvalue weighted by Crippen LogP contribution is -2.36. The van der Waals surface area contributed by atoms with E-state index in [9.17, 15) is 14.4 Å². The summed E-state index contributed by atoms with van der Waals surface area (Å²) in [7, 11) is 1.70. The van der Waals surface area contributed by atoms with Crippen molar-refractivity contribution in [2.75, 3.05) is 30.8 Å². The first kappa shape index (κ1) is 21.5. The molecule has 7 nitrogen and oxygen atoms in total. The minimum atomic E-state index is -0.288. The number of rotatable bonds is 8. The standard InChI is InChI=1S/C23H28N4O3/c1-15-7-6-8-16(2)22(15)26-21(29)14-27(3)13-20(28)25-19-10-5-4-9-18(19)23(30)24-17-11-12-17/h4-10,17H,11-14H2,1-3H3,(H,24,30)(H,25,28)(H,26,29). The van der Waals surface area contributed by atoms with Crippen LogP contribution in [-0.2, 0) is 9.59 Å². The lowest BCUT2D eigenvalue weighted by molar-refractivity contribution is -0.119. The number of aryl methyl sites for hydroxylation is 2. The molecule has 0 aliphatic heterocycles. The van der Waals surface area contributed by atoms with Gasteiger partial charge < -0.3 is 16.0 Å². The Balaban J connectivity index is 1.53. The molecule has 158 valence electrons. The molecule has 0 spiro atoms. The second-order valence-corrected chi connectivity index (χ2v) is 7.83. The lowest BCUT2D eigenvalue weighted by atomic mass is 10.1. The molecule has 0 unspecified atom stereocenters. The van der Waals surface area contributed by atoms with Gasteiger partial charge in [0.25, 0.3) is 5.91 Å². The summed E-state index contributed by atoms with van der Waals surface area (Å²) in [5.41, 5.74) is 3.69. The van der Waals surface area contributed by atoms with Crippen molar-refractivity contribution >= 4 is 29.1 Å². The molecule has 1 fully saturated rings. The van der Waals surface area contributed by atoms with Gasteiger partial charge in [-0.3, -0.25) is 19.3 Å². The zero-order valence-corrected chi connectivity index (χ0v) is 17.6. The number of anilines is 2. The maximum absolute atomic E-state index is 12.5. The Kier molecular flexibility index (Phi) is 6.84. The number of nitrogens with zero attached hydrogens (tertiary/aromatic N) is 1. The molecule has 0 heterocycles. The predicted molar refractivity (Wildman–Crippen MR) is 118 cm³/mol. The first-order valence-electron chi connectivity index (χ1n) is 10.1. The van der Waals surface area contributed by atoms with Gasteiger partial charge in [0.15, 0.2) is 0 Å². The van der Waals surface area contributed by atoms with Gasteiger partial charge in [0.2, 0.25) is 11.8 Å². The normalized spacial score (nSPS) is 13.1. The molecule has 3 amide bonds. The first-order chi connectivity index (χ1) is 14.3. The molecule has 3 rings (SSSR count). The lowest BCUT2D eigenvalue weighted by Gasteiger charge is -2.18. The van der Waals surface area contributed by atoms with Crippen LogP contribution in [0.15, 0.2) is 42.5 Å². The highest BCUT2D eigenvalue weighted by Gasteiger charge is 2.25. The fourth-order valence-corrected chi connectivity index (χ4v) is 3.21. The number of amides is 3. The number of carbonyl (C=O) groups is 3. The number of likely N-dealkylation sites (N-methyl/N-ethyl adjacent to an activating group) is 1. The summed E-state index contributed by atoms with van der Waals surface area (Å²) >= 11 is 0. The first-order valence-corrected chi connectivity index (χ1v) is 10.1. The topological polar surface area (TPSA) is 90.5 Å². The third-order valence-corrected chi connectivity index (χ3v) is 4.93. The van der Waals surface area contributed by atoms with Crippen LogP contribution < -0.4 is 16.0 Å². The van der Waals surface area contributed by atoms with Crippen LogP contribution in [0.5, 0.6) is 0 Å². The van der Waals surface area contributed by atoms with Gasteiger partial charge in [-0.1, -0.05) is 30.3 Å². The maximum Gasteiger partial charge on any atom is 0.253 e. The molecule has 0 radical (unpaired) electrons. The quantitative estimate of drug-likeness (QED) is 0.626. The van der Waals surface area contributed by atoms with Crippen molar-refractivity contribution in [2.45, 2.75) is 32.7 Å². The highest BCUT2D eigenvalue weighted by atomic mass is 16.2. The van der Waals surface area contributed by atoms with Crippen LogP contribution in [0.2, 0.25) is 0 Å². The Morgan fingerprint density at radius 1 is 0.900 bits per heavy atom. The van der Waals surface area contributed by atoms with Crippen LogP contribution in [0, 0.1) is 13.8 Å². The number of hydrogen-bond acceptors (Lipinski definition) is 4. The van der Waals surface area contributed by atoms with E-state index >= 15 is 0 Å². The molecule has 2 aromatic carbocycles. The monoisotopic (exact) mass is 408 g/mol. The molecule has 3 N–H and O–H groups in total. The summed E-state index contributed by atoms with van der Waals surface area (Å²) in [5, 5.41) is 8.63. The van der Waals surface area contributed by atoms with E-state index in [2.05, 4.69) is 16.0 Å². The van der Waals surface area contributed by atoms with Crippen molar-refractivity contribution in [1.82, 2.24) is 10.2 Å². The van der Waals surface area contributed by atoms with Crippen LogP contribution >= 0.6 is 0 Å². The van der Waals surface area contributed by atoms with E-state index in [1.807, 2.05) is 32.0 Å². The Bertz CT molecular complexity index is 933. The van der Waals surface area contributed by atoms with Gasteiger partial charge in [-0.05, 0) is 57.0 Å². The number of nitrogens with one attached hydrogen (secondary N) is 3. The molecule has 30 heavy (non-hydrogen) atoms. The fourth-order valence-electron chi connectivity index (χ4n) is 3.21. The van der Waals surface area contributed by atoms with Gasteiger partial charge in [0.1, 0.15) is 0 Å². The van der Waals surface area contributed by atoms with Crippen LogP contribution in [0.25, 0.3) is 0 Å². The largest absolute Gasteiger partial charge is 0.349 e. The Morgan fingerprint density at radius 2 is 1.50 bits per heavy atom. The van der Waals surface area contributed by atoms with Crippen molar-refractivity contribution in [2.24, 2.45) is 0 Å². The van der Waals surface area contributed by atoms with E-state index in [-0.39, 0.29) is 36.9 Å². The van der Waals surface area contributed by atoms with E-state index < -0.39 is 0 Å². The molecule has 0 saturated heterocycles. The van der Waals surface area contributed by atoms with Crippen molar-refractivity contribution in [3.8, 4) is 0 Å². The van der Waals surface area contributed by atoms with E-state index in [1.165, 1.54) is 0 Å². The Labute approximate surface area is 176 Å². The summed E-state index contributed by atoms with van der Waals surface area (Å²) in [6, 6.07) is 13.0. The number of carbonyl (C=O) groups excluding carboxylic acids is 3. The highest BCUT2D eigenvalue weighted by molar-refractivity contribution is 6.04. The van der Waals surface area contributed by atoms with Gasteiger partial charge in [-0.15, -0.1) is 0 Å². The molecular formula is C23H28N4O3. The van der Waals surface area contributed by atoms with Crippen molar-refractivity contribution in [3.05, 3.63) is 59.2 Å². The predicted octanol–water partition coefficient (Wildman–Crippen LogP) is 2.70. The minimum absolute atomic E-state index is 0.0265. The van der Waals surface area contributed by atoms with Crippen LogP contribution in [0.4, 0.5) is 11.4 Å². The van der Waals surface area contributed by atoms with E-state index in [1.54, 1.807) is 36.2 Å². The molecule has 7 heteroatoms. The smallest absolute Gasteiger partial charge is 0.253 e. The average Bonchev–Trinajstić information content (AvgIpc) is 3.49. The van der Waals surface area contributed by atoms with Crippen molar-refractivity contribution in [1.29, 1.82) is 0 Å². The van der Waals surface area contributed by atoms with Crippen LogP contribution in [-0.4, -0.2) is 48.8 Å². The molecule has 1 aliphatic carbocycles. The van der Waals surface area contributed by atoms with E-state index in [4.69, 9.17) is 0 Å². The molecule has 0 atom stereocenters. The van der Waals surface area contributed by atoms with Gasteiger partial charge in [-0.25, -0.2) is 0 Å². The average molecular weight is 409 g/mol. The van der Waals surface area contributed by atoms with Gasteiger partial charge in [0, 0.05) is 11.7 Å². The molecular weight excluding hydrogens is 380 g/mol. The maximum atomic E-state index is 12.5. The highest BCUT2D eigenvalue weighted by Crippen LogP contribution is 2.22. The van der Waals surface area contributed by atoms with E-state index in [0.717, 1.165) is 29.7 Å². The molecule has 0 aromatic heterocycles. The third-order valence-electron chi connectivity index (χ3n) is 4.93. The summed E-state index contributed by atoms with van der Waals surface area (Å²) in [6.07, 6.45) is 1.99. The van der Waals surface area contributed by atoms with Gasteiger partial charge >= 0.3 is 0 Å². The number of benzene rings is 2. The van der Waals surface area contributed by atoms with Crippen molar-refractivity contribution in [3.63, 3.8) is 0 Å². The molecule has 1 aliphatic rings. The van der Waals surface area contributed by atoms with Gasteiger partial charge in [-0.2, -0.15) is 0 Å². The summed E-state index contributed by atoms with van der Waals surface area (Å²) in [4.78, 5) is 38.8. The van der Waals surface area contributed by atoms with Crippen LogP contribution in [0.1, 0.15) is 34.3 Å². The molecule has 0 bridgehead atoms. The second kappa shape index (κ2) is 9.54. The molecule has 2 aromatic rings. The Morgan fingerprint density at radius 3 is 2.13 bits per heavy atom. The van der Waals surface area contributed by atoms with Gasteiger partial charge in [0.05, 0.1) is 24.3 Å². The fraction of sp³-hybridized carbons (Fsp3) is 0.348. The zero-order chi connectivity index (χ0) is 21.7. The summed E-state index contributed by atoms with van der Waals surface area (Å²) in [5.74, 6) is -0.661. The number of para-hydroxylation sites is 2. The minimum Gasteiger partial charge on any atom is -0.349 e. The van der Waals surface area contributed by atoms with Crippen molar-refractivity contribution < 1.29 is 14.4 Å². The third kappa shape index (κ3) is 5.90. The number of hydrogen-bond donors (Lipinski definition) is 3. The summed E-state index contributed by atoms with van der Waals surface area (Å²) in [6.45, 7) is 3.98. The Hall–Kier alpha value is -3.19. The van der Waals surface area contributed by atoms with E-state index in [0.29, 0.717) is 11.3 Å². The second-order valence-electron chi connectivity index (χ2n) is 7.83. The summed E-state index contributed by atoms with van der Waals surface area (Å²) < 4.78 is 0. The molecule has 1 saturated carbocycles. The SMILES string of the molecule is Cc1cccc(C)c1NC(=O)CN(C)CC(=O)Nc1ccccc1C(=O)NC1CC1. The zero-order valence-electron chi connectivity index (χ0n) is 17.6.